The zero-order chi connectivity index (χ0) is 15.2. The first kappa shape index (κ1) is 18.8. The van der Waals surface area contributed by atoms with Crippen molar-refractivity contribution in [3.63, 3.8) is 0 Å². The number of likely N-dealkylation sites (tertiary alicyclic amines) is 1. The molecule has 2 unspecified atom stereocenters. The van der Waals surface area contributed by atoms with Crippen LogP contribution < -0.4 is 10.1 Å². The van der Waals surface area contributed by atoms with Gasteiger partial charge in [-0.3, -0.25) is 4.79 Å². The van der Waals surface area contributed by atoms with Crippen LogP contribution in [0.4, 0.5) is 0 Å². The molecule has 1 saturated heterocycles. The van der Waals surface area contributed by atoms with Crippen molar-refractivity contribution >= 4 is 18.3 Å². The summed E-state index contributed by atoms with van der Waals surface area (Å²) >= 11 is 0. The van der Waals surface area contributed by atoms with E-state index in [-0.39, 0.29) is 24.4 Å². The molecule has 1 aliphatic rings. The second kappa shape index (κ2) is 9.01. The Morgan fingerprint density at radius 3 is 2.82 bits per heavy atom. The van der Waals surface area contributed by atoms with Gasteiger partial charge >= 0.3 is 0 Å². The molecule has 0 aliphatic carbocycles. The van der Waals surface area contributed by atoms with Gasteiger partial charge in [-0.15, -0.1) is 12.4 Å². The van der Waals surface area contributed by atoms with Crippen molar-refractivity contribution < 1.29 is 9.53 Å². The van der Waals surface area contributed by atoms with Crippen LogP contribution in [0.15, 0.2) is 24.3 Å². The number of amides is 1. The minimum atomic E-state index is -0.376. The number of hydrogen-bond donors (Lipinski definition) is 1. The van der Waals surface area contributed by atoms with Crippen LogP contribution in [-0.4, -0.2) is 43.6 Å². The molecule has 1 N–H and O–H groups in total. The highest BCUT2D eigenvalue weighted by Crippen LogP contribution is 2.22. The number of halogens is 1. The number of hydrogen-bond acceptors (Lipinski definition) is 3. The van der Waals surface area contributed by atoms with Crippen LogP contribution >= 0.6 is 12.4 Å². The second-order valence-corrected chi connectivity index (χ2v) is 5.78. The van der Waals surface area contributed by atoms with Gasteiger partial charge in [-0.2, -0.15) is 0 Å². The van der Waals surface area contributed by atoms with E-state index >= 15 is 0 Å². The summed E-state index contributed by atoms with van der Waals surface area (Å²) in [6.07, 6.45) is 1.40. The molecule has 22 heavy (non-hydrogen) atoms. The van der Waals surface area contributed by atoms with E-state index in [1.165, 1.54) is 0 Å². The zero-order valence-corrected chi connectivity index (χ0v) is 14.5. The first-order chi connectivity index (χ1) is 10.2. The molecule has 0 bridgehead atoms. The van der Waals surface area contributed by atoms with Crippen LogP contribution in [0.25, 0.3) is 0 Å². The van der Waals surface area contributed by atoms with E-state index in [4.69, 9.17) is 4.74 Å². The van der Waals surface area contributed by atoms with Gasteiger partial charge in [0.25, 0.3) is 5.91 Å². The van der Waals surface area contributed by atoms with Crippen LogP contribution in [0.3, 0.4) is 0 Å². The third kappa shape index (κ3) is 4.62. The molecule has 1 aromatic carbocycles. The Morgan fingerprint density at radius 2 is 2.18 bits per heavy atom. The van der Waals surface area contributed by atoms with E-state index in [0.29, 0.717) is 12.3 Å². The maximum atomic E-state index is 12.6. The molecule has 1 aliphatic heterocycles. The summed E-state index contributed by atoms with van der Waals surface area (Å²) < 4.78 is 5.96. The Bertz CT molecular complexity index is 481. The number of aryl methyl sites for hydroxylation is 1. The summed E-state index contributed by atoms with van der Waals surface area (Å²) in [4.78, 5) is 14.6. The van der Waals surface area contributed by atoms with Gasteiger partial charge in [0, 0.05) is 13.1 Å². The predicted molar refractivity (Wildman–Crippen MR) is 91.7 cm³/mol. The highest BCUT2D eigenvalue weighted by molar-refractivity contribution is 5.85. The molecular formula is C17H27ClN2O2. The fraction of sp³-hybridized carbons (Fsp3) is 0.588. The molecule has 2 atom stereocenters. The van der Waals surface area contributed by atoms with Crippen LogP contribution in [0, 0.1) is 12.8 Å². The SMILES string of the molecule is CCC(Oc1ccccc1C)C(=O)N1CCC(CNC)C1.Cl. The highest BCUT2D eigenvalue weighted by atomic mass is 35.5. The normalized spacial score (nSPS) is 18.7. The van der Waals surface area contributed by atoms with E-state index < -0.39 is 0 Å². The number of carbonyl (C=O) groups excluding carboxylic acids is 1. The Kier molecular flexibility index (Phi) is 7.69. The molecule has 0 radical (unpaired) electrons. The standard InChI is InChI=1S/C17H26N2O2.ClH/c1-4-15(21-16-8-6-5-7-13(16)2)17(20)19-10-9-14(12-19)11-18-3;/h5-8,14-15,18H,4,9-12H2,1-3H3;1H. The van der Waals surface area contributed by atoms with Gasteiger partial charge in [0.2, 0.25) is 0 Å². The van der Waals surface area contributed by atoms with Crippen LogP contribution in [0.5, 0.6) is 5.75 Å². The first-order valence-electron chi connectivity index (χ1n) is 7.81. The van der Waals surface area contributed by atoms with Crippen molar-refractivity contribution in [3.05, 3.63) is 29.8 Å². The number of para-hydroxylation sites is 1. The lowest BCUT2D eigenvalue weighted by Gasteiger charge is -2.24. The van der Waals surface area contributed by atoms with E-state index in [0.717, 1.165) is 37.4 Å². The molecule has 1 heterocycles. The number of rotatable bonds is 6. The minimum Gasteiger partial charge on any atom is -0.480 e. The van der Waals surface area contributed by atoms with Gasteiger partial charge in [-0.25, -0.2) is 0 Å². The molecule has 1 amide bonds. The van der Waals surface area contributed by atoms with Crippen molar-refractivity contribution in [2.24, 2.45) is 5.92 Å². The predicted octanol–water partition coefficient (Wildman–Crippen LogP) is 2.64. The fourth-order valence-electron chi connectivity index (χ4n) is 2.84. The molecule has 1 fully saturated rings. The van der Waals surface area contributed by atoms with Crippen molar-refractivity contribution in [1.82, 2.24) is 10.2 Å². The summed E-state index contributed by atoms with van der Waals surface area (Å²) in [5.41, 5.74) is 1.07. The number of carbonyl (C=O) groups is 1. The summed E-state index contributed by atoms with van der Waals surface area (Å²) in [5, 5.41) is 3.19. The monoisotopic (exact) mass is 326 g/mol. The van der Waals surface area contributed by atoms with Gasteiger partial charge in [-0.05, 0) is 50.9 Å². The molecule has 5 heteroatoms. The Morgan fingerprint density at radius 1 is 1.45 bits per heavy atom. The quantitative estimate of drug-likeness (QED) is 0.873. The number of nitrogens with one attached hydrogen (secondary N) is 1. The largest absolute Gasteiger partial charge is 0.480 e. The maximum Gasteiger partial charge on any atom is 0.263 e. The Hall–Kier alpha value is -1.26. The minimum absolute atomic E-state index is 0. The summed E-state index contributed by atoms with van der Waals surface area (Å²) in [6, 6.07) is 7.86. The number of nitrogens with zero attached hydrogens (tertiary/aromatic N) is 1. The summed E-state index contributed by atoms with van der Waals surface area (Å²) in [7, 11) is 1.96. The van der Waals surface area contributed by atoms with Crippen LogP contribution in [-0.2, 0) is 4.79 Å². The average Bonchev–Trinajstić information content (AvgIpc) is 2.95. The van der Waals surface area contributed by atoms with Gasteiger partial charge < -0.3 is 15.0 Å². The third-order valence-electron chi connectivity index (χ3n) is 4.10. The molecule has 1 aromatic rings. The summed E-state index contributed by atoms with van der Waals surface area (Å²) in [6.45, 7) is 6.67. The average molecular weight is 327 g/mol. The molecule has 4 nitrogen and oxygen atoms in total. The Balaban J connectivity index is 0.00000242. The lowest BCUT2D eigenvalue weighted by molar-refractivity contribution is -0.137. The first-order valence-corrected chi connectivity index (χ1v) is 7.81. The van der Waals surface area contributed by atoms with E-state index in [1.807, 2.05) is 50.1 Å². The lowest BCUT2D eigenvalue weighted by Crippen LogP contribution is -2.41. The van der Waals surface area contributed by atoms with Crippen molar-refractivity contribution in [1.29, 1.82) is 0 Å². The number of ether oxygens (including phenoxy) is 1. The molecule has 0 spiro atoms. The zero-order valence-electron chi connectivity index (χ0n) is 13.7. The second-order valence-electron chi connectivity index (χ2n) is 5.78. The third-order valence-corrected chi connectivity index (χ3v) is 4.10. The Labute approximate surface area is 139 Å². The highest BCUT2D eigenvalue weighted by Gasteiger charge is 2.31. The van der Waals surface area contributed by atoms with Gasteiger partial charge in [-0.1, -0.05) is 25.1 Å². The van der Waals surface area contributed by atoms with Crippen LogP contribution in [0.1, 0.15) is 25.3 Å². The summed E-state index contributed by atoms with van der Waals surface area (Å²) in [5.74, 6) is 1.50. The molecule has 2 rings (SSSR count). The number of benzene rings is 1. The van der Waals surface area contributed by atoms with Crippen molar-refractivity contribution in [2.75, 3.05) is 26.7 Å². The molecule has 0 aromatic heterocycles. The van der Waals surface area contributed by atoms with E-state index in [2.05, 4.69) is 5.32 Å². The van der Waals surface area contributed by atoms with Crippen molar-refractivity contribution in [3.8, 4) is 5.75 Å². The van der Waals surface area contributed by atoms with Gasteiger partial charge in [0.15, 0.2) is 6.10 Å². The molecule has 124 valence electrons. The fourth-order valence-corrected chi connectivity index (χ4v) is 2.84. The maximum absolute atomic E-state index is 12.6. The van der Waals surface area contributed by atoms with E-state index in [9.17, 15) is 4.79 Å². The van der Waals surface area contributed by atoms with E-state index in [1.54, 1.807) is 0 Å². The van der Waals surface area contributed by atoms with Gasteiger partial charge in [0.1, 0.15) is 5.75 Å². The smallest absolute Gasteiger partial charge is 0.263 e. The van der Waals surface area contributed by atoms with Crippen LogP contribution in [0.2, 0.25) is 0 Å². The van der Waals surface area contributed by atoms with Crippen molar-refractivity contribution in [2.45, 2.75) is 32.8 Å². The lowest BCUT2D eigenvalue weighted by atomic mass is 10.1. The topological polar surface area (TPSA) is 41.6 Å². The molecular weight excluding hydrogens is 300 g/mol. The van der Waals surface area contributed by atoms with Gasteiger partial charge in [0.05, 0.1) is 0 Å². The molecule has 0 saturated carbocycles.